The van der Waals surface area contributed by atoms with E-state index in [1.165, 1.54) is 18.2 Å². The van der Waals surface area contributed by atoms with E-state index in [2.05, 4.69) is 5.32 Å². The molecule has 1 saturated heterocycles. The summed E-state index contributed by atoms with van der Waals surface area (Å²) in [6.07, 6.45) is 1.57. The van der Waals surface area contributed by atoms with Gasteiger partial charge in [-0.3, -0.25) is 4.79 Å². The zero-order valence-electron chi connectivity index (χ0n) is 11.3. The zero-order chi connectivity index (χ0) is 16.6. The van der Waals surface area contributed by atoms with Crippen molar-refractivity contribution in [3.05, 3.63) is 51.6 Å². The standard InChI is InChI=1S/C15H8ClNO4S2/c16-10-3-1-7(14(19)20)5-9(10)11-4-2-8(21-11)6-12-13(18)17-15(22)23-12/h1-6H,(H,19,20)(H,17,18,22)/b12-6-. The van der Waals surface area contributed by atoms with Gasteiger partial charge < -0.3 is 14.8 Å². The number of halogens is 1. The lowest BCUT2D eigenvalue weighted by atomic mass is 10.1. The maximum Gasteiger partial charge on any atom is 0.335 e. The van der Waals surface area contributed by atoms with Gasteiger partial charge in [-0.25, -0.2) is 4.79 Å². The number of thiocarbonyl (C=S) groups is 1. The summed E-state index contributed by atoms with van der Waals surface area (Å²) < 4.78 is 6.03. The molecule has 0 atom stereocenters. The van der Waals surface area contributed by atoms with Gasteiger partial charge in [0.25, 0.3) is 5.91 Å². The second-order valence-electron chi connectivity index (χ2n) is 4.55. The molecule has 0 bridgehead atoms. The number of hydrogen-bond acceptors (Lipinski definition) is 5. The summed E-state index contributed by atoms with van der Waals surface area (Å²) in [5.74, 6) is -0.469. The summed E-state index contributed by atoms with van der Waals surface area (Å²) in [5.41, 5.74) is 0.576. The number of carbonyl (C=O) groups is 2. The third kappa shape index (κ3) is 3.31. The van der Waals surface area contributed by atoms with Crippen molar-refractivity contribution in [3.63, 3.8) is 0 Å². The molecule has 8 heteroatoms. The van der Waals surface area contributed by atoms with Crippen LogP contribution in [0.3, 0.4) is 0 Å². The van der Waals surface area contributed by atoms with Crippen molar-refractivity contribution in [2.24, 2.45) is 0 Å². The molecule has 1 fully saturated rings. The van der Waals surface area contributed by atoms with Crippen LogP contribution in [-0.4, -0.2) is 21.3 Å². The van der Waals surface area contributed by atoms with E-state index >= 15 is 0 Å². The Labute approximate surface area is 145 Å². The summed E-state index contributed by atoms with van der Waals surface area (Å²) in [7, 11) is 0. The van der Waals surface area contributed by atoms with Gasteiger partial charge in [0.2, 0.25) is 0 Å². The maximum absolute atomic E-state index is 11.6. The van der Waals surface area contributed by atoms with Gasteiger partial charge in [-0.05, 0) is 30.3 Å². The number of nitrogens with one attached hydrogen (secondary N) is 1. The molecule has 1 amide bonds. The Kier molecular flexibility index (Phi) is 4.25. The van der Waals surface area contributed by atoms with E-state index in [0.717, 1.165) is 11.8 Å². The molecule has 1 aliphatic rings. The van der Waals surface area contributed by atoms with E-state index in [0.29, 0.717) is 31.3 Å². The summed E-state index contributed by atoms with van der Waals surface area (Å²) in [4.78, 5) is 23.1. The normalized spacial score (nSPS) is 16.0. The molecule has 1 aromatic heterocycles. The van der Waals surface area contributed by atoms with E-state index in [9.17, 15) is 9.59 Å². The van der Waals surface area contributed by atoms with Crippen LogP contribution < -0.4 is 5.32 Å². The molecule has 23 heavy (non-hydrogen) atoms. The summed E-state index contributed by atoms with van der Waals surface area (Å²) in [6, 6.07) is 7.68. The molecule has 116 valence electrons. The third-order valence-electron chi connectivity index (χ3n) is 3.02. The van der Waals surface area contributed by atoms with E-state index in [-0.39, 0.29) is 11.5 Å². The van der Waals surface area contributed by atoms with Gasteiger partial charge in [0.05, 0.1) is 15.5 Å². The Balaban J connectivity index is 1.95. The number of thioether (sulfide) groups is 1. The van der Waals surface area contributed by atoms with E-state index < -0.39 is 5.97 Å². The van der Waals surface area contributed by atoms with Crippen LogP contribution in [-0.2, 0) is 4.79 Å². The molecule has 0 saturated carbocycles. The Morgan fingerprint density at radius 2 is 2.13 bits per heavy atom. The predicted octanol–water partition coefficient (Wildman–Crippen LogP) is 3.79. The topological polar surface area (TPSA) is 79.5 Å². The second kappa shape index (κ2) is 6.19. The van der Waals surface area contributed by atoms with Gasteiger partial charge >= 0.3 is 5.97 Å². The molecule has 0 radical (unpaired) electrons. The Morgan fingerprint density at radius 3 is 2.78 bits per heavy atom. The van der Waals surface area contributed by atoms with Crippen LogP contribution in [0.2, 0.25) is 5.02 Å². The van der Waals surface area contributed by atoms with Crippen LogP contribution in [0.15, 0.2) is 39.7 Å². The lowest BCUT2D eigenvalue weighted by Gasteiger charge is -2.02. The number of rotatable bonds is 3. The monoisotopic (exact) mass is 365 g/mol. The van der Waals surface area contributed by atoms with Crippen molar-refractivity contribution >= 4 is 57.9 Å². The number of aromatic carboxylic acids is 1. The number of carboxylic acids is 1. The van der Waals surface area contributed by atoms with Crippen molar-refractivity contribution in [2.45, 2.75) is 0 Å². The Hall–Kier alpha value is -2.09. The van der Waals surface area contributed by atoms with Gasteiger partial charge in [0, 0.05) is 11.6 Å². The smallest absolute Gasteiger partial charge is 0.335 e. The first kappa shape index (κ1) is 15.8. The van der Waals surface area contributed by atoms with Gasteiger partial charge in [-0.1, -0.05) is 35.6 Å². The third-order valence-corrected chi connectivity index (χ3v) is 4.51. The van der Waals surface area contributed by atoms with Crippen molar-refractivity contribution in [2.75, 3.05) is 0 Å². The van der Waals surface area contributed by atoms with Gasteiger partial charge in [-0.2, -0.15) is 0 Å². The molecule has 3 rings (SSSR count). The van der Waals surface area contributed by atoms with Crippen molar-refractivity contribution in [3.8, 4) is 11.3 Å². The van der Waals surface area contributed by atoms with Crippen molar-refractivity contribution in [1.82, 2.24) is 5.32 Å². The Bertz CT molecular complexity index is 872. The molecule has 1 aromatic carbocycles. The zero-order valence-corrected chi connectivity index (χ0v) is 13.7. The molecular weight excluding hydrogens is 358 g/mol. The molecule has 0 spiro atoms. The quantitative estimate of drug-likeness (QED) is 0.636. The molecule has 2 heterocycles. The van der Waals surface area contributed by atoms with Crippen LogP contribution in [0.5, 0.6) is 0 Å². The maximum atomic E-state index is 11.6. The summed E-state index contributed by atoms with van der Waals surface area (Å²) in [6.45, 7) is 0. The number of benzene rings is 1. The number of amides is 1. The molecule has 1 aliphatic heterocycles. The average molecular weight is 366 g/mol. The fourth-order valence-electron chi connectivity index (χ4n) is 1.97. The molecule has 2 N–H and O–H groups in total. The number of furan rings is 1. The first-order valence-electron chi connectivity index (χ1n) is 6.32. The van der Waals surface area contributed by atoms with E-state index in [1.54, 1.807) is 18.2 Å². The molecular formula is C15H8ClNO4S2. The van der Waals surface area contributed by atoms with Crippen LogP contribution in [0.1, 0.15) is 16.1 Å². The largest absolute Gasteiger partial charge is 0.478 e. The van der Waals surface area contributed by atoms with Crippen LogP contribution in [0.4, 0.5) is 0 Å². The predicted molar refractivity (Wildman–Crippen MR) is 92.4 cm³/mol. The van der Waals surface area contributed by atoms with Gasteiger partial charge in [0.15, 0.2) is 0 Å². The number of hydrogen-bond donors (Lipinski definition) is 2. The van der Waals surface area contributed by atoms with Crippen LogP contribution in [0.25, 0.3) is 17.4 Å². The molecule has 2 aromatic rings. The highest BCUT2D eigenvalue weighted by Crippen LogP contribution is 2.32. The van der Waals surface area contributed by atoms with E-state index in [4.69, 9.17) is 33.3 Å². The second-order valence-corrected chi connectivity index (χ2v) is 6.68. The lowest BCUT2D eigenvalue weighted by Crippen LogP contribution is -2.17. The summed E-state index contributed by atoms with van der Waals surface area (Å²) >= 11 is 12.2. The van der Waals surface area contributed by atoms with Gasteiger partial charge in [0.1, 0.15) is 15.8 Å². The fraction of sp³-hybridized carbons (Fsp3) is 0. The minimum atomic E-state index is -1.05. The fourth-order valence-corrected chi connectivity index (χ4v) is 3.21. The highest BCUT2D eigenvalue weighted by atomic mass is 35.5. The molecule has 5 nitrogen and oxygen atoms in total. The SMILES string of the molecule is O=C1NC(=S)S/C1=C\c1ccc(-c2cc(C(=O)O)ccc2Cl)o1. The van der Waals surface area contributed by atoms with Crippen LogP contribution >= 0.6 is 35.6 Å². The van der Waals surface area contributed by atoms with Gasteiger partial charge in [-0.15, -0.1) is 0 Å². The Morgan fingerprint density at radius 1 is 1.35 bits per heavy atom. The average Bonchev–Trinajstić information content (AvgIpc) is 3.06. The van der Waals surface area contributed by atoms with Crippen molar-refractivity contribution < 1.29 is 19.1 Å². The highest BCUT2D eigenvalue weighted by molar-refractivity contribution is 8.26. The van der Waals surface area contributed by atoms with Crippen molar-refractivity contribution in [1.29, 1.82) is 0 Å². The van der Waals surface area contributed by atoms with E-state index in [1.807, 2.05) is 0 Å². The highest BCUT2D eigenvalue weighted by Gasteiger charge is 2.22. The van der Waals surface area contributed by atoms with Crippen LogP contribution in [0, 0.1) is 0 Å². The minimum absolute atomic E-state index is 0.108. The molecule has 0 aliphatic carbocycles. The number of carbonyl (C=O) groups excluding carboxylic acids is 1. The summed E-state index contributed by atoms with van der Waals surface area (Å²) in [5, 5.41) is 11.9. The minimum Gasteiger partial charge on any atom is -0.478 e. The molecule has 0 unspecified atom stereocenters. The lowest BCUT2D eigenvalue weighted by molar-refractivity contribution is -0.115. The number of carboxylic acid groups (broad SMARTS) is 1. The first-order valence-corrected chi connectivity index (χ1v) is 7.92. The first-order chi connectivity index (χ1) is 10.9.